The Hall–Kier alpha value is -1.04. The largest absolute Gasteiger partial charge is 0.399 e. The lowest BCUT2D eigenvalue weighted by molar-refractivity contribution is 0.204. The Kier molecular flexibility index (Phi) is 3.82. The number of rotatable bonds is 4. The van der Waals surface area contributed by atoms with Crippen molar-refractivity contribution in [1.29, 1.82) is 0 Å². The first-order valence-electron chi connectivity index (χ1n) is 4.81. The van der Waals surface area contributed by atoms with Gasteiger partial charge in [-0.3, -0.25) is 0 Å². The lowest BCUT2D eigenvalue weighted by Gasteiger charge is -2.09. The fraction of sp³-hybridized carbons (Fsp3) is 0.182. The molecule has 0 aliphatic heterocycles. The summed E-state index contributed by atoms with van der Waals surface area (Å²) in [5.74, 6) is 0.609. The molecule has 5 heteroatoms. The molecule has 0 aliphatic rings. The number of nitrogen functional groups attached to an aromatic ring is 1. The lowest BCUT2D eigenvalue weighted by atomic mass is 10.1. The number of aliphatic hydroxyl groups excluding tert-OH is 1. The van der Waals surface area contributed by atoms with Gasteiger partial charge in [-0.05, 0) is 17.7 Å². The number of hydrogen-bond donors (Lipinski definition) is 2. The summed E-state index contributed by atoms with van der Waals surface area (Å²) in [6, 6.07) is 7.30. The van der Waals surface area contributed by atoms with E-state index in [9.17, 15) is 5.11 Å². The maximum absolute atomic E-state index is 9.93. The van der Waals surface area contributed by atoms with Gasteiger partial charge in [0.15, 0.2) is 0 Å². The highest BCUT2D eigenvalue weighted by Gasteiger charge is 2.08. The third-order valence-corrected chi connectivity index (χ3v) is 4.14. The molecule has 2 aromatic rings. The number of anilines is 1. The van der Waals surface area contributed by atoms with Crippen LogP contribution in [0.25, 0.3) is 0 Å². The van der Waals surface area contributed by atoms with E-state index in [4.69, 9.17) is 5.73 Å². The van der Waals surface area contributed by atoms with Gasteiger partial charge in [0.2, 0.25) is 0 Å². The fourth-order valence-corrected chi connectivity index (χ4v) is 2.88. The predicted molar refractivity (Wildman–Crippen MR) is 68.7 cm³/mol. The van der Waals surface area contributed by atoms with Crippen molar-refractivity contribution in [3.05, 3.63) is 41.4 Å². The third-order valence-electron chi connectivity index (χ3n) is 2.10. The topological polar surface area (TPSA) is 59.1 Å². The molecule has 84 valence electrons. The molecule has 3 N–H and O–H groups in total. The van der Waals surface area contributed by atoms with E-state index in [0.29, 0.717) is 11.4 Å². The van der Waals surface area contributed by atoms with Gasteiger partial charge < -0.3 is 10.8 Å². The molecule has 0 spiro atoms. The standard InChI is InChI=1S/C11H12N2OS2/c12-9-3-1-8(2-4-9)10(14)7-16-11-13-5-6-15-11/h1-6,10,14H,7,12H2. The summed E-state index contributed by atoms with van der Waals surface area (Å²) in [6.07, 6.45) is 1.29. The minimum Gasteiger partial charge on any atom is -0.399 e. The van der Waals surface area contributed by atoms with Gasteiger partial charge in [0.05, 0.1) is 6.10 Å². The summed E-state index contributed by atoms with van der Waals surface area (Å²) in [6.45, 7) is 0. The van der Waals surface area contributed by atoms with Crippen LogP contribution in [0, 0.1) is 0 Å². The van der Waals surface area contributed by atoms with E-state index in [-0.39, 0.29) is 0 Å². The molecule has 0 aliphatic carbocycles. The van der Waals surface area contributed by atoms with Crippen LogP contribution < -0.4 is 5.73 Å². The van der Waals surface area contributed by atoms with Gasteiger partial charge in [-0.25, -0.2) is 4.98 Å². The quantitative estimate of drug-likeness (QED) is 0.648. The summed E-state index contributed by atoms with van der Waals surface area (Å²) in [5, 5.41) is 11.9. The van der Waals surface area contributed by atoms with Crippen molar-refractivity contribution in [2.75, 3.05) is 11.5 Å². The van der Waals surface area contributed by atoms with Crippen LogP contribution in [0.1, 0.15) is 11.7 Å². The summed E-state index contributed by atoms with van der Waals surface area (Å²) in [4.78, 5) is 4.15. The van der Waals surface area contributed by atoms with Crippen molar-refractivity contribution in [3.8, 4) is 0 Å². The van der Waals surface area contributed by atoms with E-state index in [1.54, 1.807) is 41.4 Å². The van der Waals surface area contributed by atoms with Crippen molar-refractivity contribution in [3.63, 3.8) is 0 Å². The van der Waals surface area contributed by atoms with Crippen LogP contribution in [0.5, 0.6) is 0 Å². The van der Waals surface area contributed by atoms with Gasteiger partial charge >= 0.3 is 0 Å². The van der Waals surface area contributed by atoms with E-state index in [2.05, 4.69) is 4.98 Å². The second kappa shape index (κ2) is 5.34. The van der Waals surface area contributed by atoms with Crippen LogP contribution in [-0.4, -0.2) is 15.8 Å². The number of thiazole rings is 1. The smallest absolute Gasteiger partial charge is 0.149 e. The zero-order valence-electron chi connectivity index (χ0n) is 8.54. The average molecular weight is 252 g/mol. The molecule has 0 amide bonds. The molecule has 0 fully saturated rings. The number of aliphatic hydroxyl groups is 1. The van der Waals surface area contributed by atoms with Crippen LogP contribution in [0.15, 0.2) is 40.2 Å². The molecule has 1 atom stereocenters. The second-order valence-corrected chi connectivity index (χ2v) is 5.45. The Morgan fingerprint density at radius 3 is 2.75 bits per heavy atom. The monoisotopic (exact) mass is 252 g/mol. The summed E-state index contributed by atoms with van der Waals surface area (Å²) in [7, 11) is 0. The van der Waals surface area contributed by atoms with E-state index < -0.39 is 6.10 Å². The minimum atomic E-state index is -0.477. The number of hydrogen-bond acceptors (Lipinski definition) is 5. The average Bonchev–Trinajstić information content (AvgIpc) is 2.80. The molecule has 0 saturated heterocycles. The Morgan fingerprint density at radius 2 is 2.12 bits per heavy atom. The first-order chi connectivity index (χ1) is 7.75. The van der Waals surface area contributed by atoms with Gasteiger partial charge in [-0.2, -0.15) is 0 Å². The zero-order chi connectivity index (χ0) is 11.4. The molecular weight excluding hydrogens is 240 g/mol. The van der Waals surface area contributed by atoms with E-state index in [0.717, 1.165) is 9.90 Å². The van der Waals surface area contributed by atoms with E-state index in [1.807, 2.05) is 17.5 Å². The van der Waals surface area contributed by atoms with Gasteiger partial charge in [0.25, 0.3) is 0 Å². The molecule has 1 unspecified atom stereocenters. The molecule has 1 heterocycles. The molecule has 1 aromatic carbocycles. The number of aromatic nitrogens is 1. The highest BCUT2D eigenvalue weighted by atomic mass is 32.2. The number of benzene rings is 1. The SMILES string of the molecule is Nc1ccc(C(O)CSc2nccs2)cc1. The number of nitrogens with two attached hydrogens (primary N) is 1. The normalized spacial score (nSPS) is 12.6. The molecule has 0 bridgehead atoms. The minimum absolute atomic E-state index is 0.477. The fourth-order valence-electron chi connectivity index (χ4n) is 1.25. The van der Waals surface area contributed by atoms with Crippen molar-refractivity contribution < 1.29 is 5.11 Å². The highest BCUT2D eigenvalue weighted by Crippen LogP contribution is 2.26. The van der Waals surface area contributed by atoms with Crippen molar-refractivity contribution >= 4 is 28.8 Å². The molecule has 3 nitrogen and oxygen atoms in total. The molecule has 0 radical (unpaired) electrons. The van der Waals surface area contributed by atoms with Gasteiger partial charge in [-0.15, -0.1) is 11.3 Å². The Bertz CT molecular complexity index is 428. The first kappa shape index (κ1) is 11.4. The molecule has 16 heavy (non-hydrogen) atoms. The van der Waals surface area contributed by atoms with Crippen molar-refractivity contribution in [2.24, 2.45) is 0 Å². The molecule has 1 aromatic heterocycles. The van der Waals surface area contributed by atoms with Crippen LogP contribution in [-0.2, 0) is 0 Å². The van der Waals surface area contributed by atoms with Gasteiger partial charge in [-0.1, -0.05) is 23.9 Å². The van der Waals surface area contributed by atoms with Crippen LogP contribution in [0.2, 0.25) is 0 Å². The van der Waals surface area contributed by atoms with E-state index >= 15 is 0 Å². The second-order valence-electron chi connectivity index (χ2n) is 3.29. The zero-order valence-corrected chi connectivity index (χ0v) is 10.2. The van der Waals surface area contributed by atoms with E-state index in [1.165, 1.54) is 0 Å². The maximum Gasteiger partial charge on any atom is 0.149 e. The highest BCUT2D eigenvalue weighted by molar-refractivity contribution is 8.01. The Balaban J connectivity index is 1.93. The molecular formula is C11H12N2OS2. The maximum atomic E-state index is 9.93. The van der Waals surface area contributed by atoms with Crippen molar-refractivity contribution in [2.45, 2.75) is 10.4 Å². The third kappa shape index (κ3) is 2.98. The van der Waals surface area contributed by atoms with Crippen molar-refractivity contribution in [1.82, 2.24) is 4.98 Å². The summed E-state index contributed by atoms with van der Waals surface area (Å²) < 4.78 is 0.981. The van der Waals surface area contributed by atoms with Gasteiger partial charge in [0, 0.05) is 23.0 Å². The number of thioether (sulfide) groups is 1. The Labute approximate surface area is 102 Å². The molecule has 0 saturated carbocycles. The summed E-state index contributed by atoms with van der Waals surface area (Å²) in [5.41, 5.74) is 7.18. The Morgan fingerprint density at radius 1 is 1.38 bits per heavy atom. The number of nitrogens with zero attached hydrogens (tertiary/aromatic N) is 1. The van der Waals surface area contributed by atoms with Gasteiger partial charge in [0.1, 0.15) is 4.34 Å². The van der Waals surface area contributed by atoms with Crippen LogP contribution >= 0.6 is 23.1 Å². The first-order valence-corrected chi connectivity index (χ1v) is 6.68. The van der Waals surface area contributed by atoms with Crippen LogP contribution in [0.3, 0.4) is 0 Å². The molecule has 2 rings (SSSR count). The summed E-state index contributed by atoms with van der Waals surface area (Å²) >= 11 is 3.14. The lowest BCUT2D eigenvalue weighted by Crippen LogP contribution is -2.00. The predicted octanol–water partition coefficient (Wildman–Crippen LogP) is 2.55. The van der Waals surface area contributed by atoms with Crippen LogP contribution in [0.4, 0.5) is 5.69 Å².